The summed E-state index contributed by atoms with van der Waals surface area (Å²) in [5, 5.41) is 17.3. The summed E-state index contributed by atoms with van der Waals surface area (Å²) in [5.41, 5.74) is 0. The Morgan fingerprint density at radius 3 is 1.52 bits per heavy atom. The Morgan fingerprint density at radius 2 is 1.42 bits per heavy atom. The van der Waals surface area contributed by atoms with E-state index in [9.17, 15) is 13.6 Å². The number of hydrogen-bond acceptors (Lipinski definition) is 3. The number of allylic oxidation sites excluding steroid dienone is 3. The smallest absolute Gasteiger partial charge is 0.132 e. The van der Waals surface area contributed by atoms with Gasteiger partial charge < -0.3 is 21.9 Å². The second-order valence-corrected chi connectivity index (χ2v) is 6.32. The van der Waals surface area contributed by atoms with E-state index in [0.29, 0.717) is 30.3 Å². The first kappa shape index (κ1) is 42.3. The standard InChI is InChI=1S/C6H6O.C6H10O.C5H7F2.C5H7O.2C2H6.2W/c7-6-4-2-1-3-5-6;1-3-5-6(7)4-2;1-5(6,7)4-2-3-4;1-4(6)5-2-3-5;2*1-2;;/h1-5,7H;3-5,7H,1-2H3;4H,1-3H2;5H,1-3H2;2*1-2H3;;/q;;2*-1;;;;/b;5-3-,6-4+;;;;;;. The van der Waals surface area contributed by atoms with Crippen LogP contribution in [0, 0.1) is 25.7 Å². The van der Waals surface area contributed by atoms with Gasteiger partial charge in [0, 0.05) is 42.1 Å². The van der Waals surface area contributed by atoms with Crippen LogP contribution in [0.5, 0.6) is 5.75 Å². The van der Waals surface area contributed by atoms with E-state index < -0.39 is 11.8 Å². The maximum atomic E-state index is 11.8. The number of carbonyl (C=O) groups excluding carboxylic acids is 1. The molecular weight excluding hydrogens is 766 g/mol. The number of rotatable bonds is 3. The van der Waals surface area contributed by atoms with Crippen LogP contribution in [0.4, 0.5) is 8.78 Å². The molecular formula is C26H42F2O3W2-2. The average Bonchev–Trinajstić information content (AvgIpc) is 3.63. The summed E-state index contributed by atoms with van der Waals surface area (Å²) in [4.78, 5) is 10.1. The molecule has 0 spiro atoms. The molecule has 0 bridgehead atoms. The van der Waals surface area contributed by atoms with Crippen LogP contribution < -0.4 is 0 Å². The number of aromatic hydroxyl groups is 1. The van der Waals surface area contributed by atoms with Gasteiger partial charge >= 0.3 is 0 Å². The van der Waals surface area contributed by atoms with Gasteiger partial charge in [0.25, 0.3) is 0 Å². The topological polar surface area (TPSA) is 57.5 Å². The van der Waals surface area contributed by atoms with Crippen molar-refractivity contribution in [1.29, 1.82) is 0 Å². The maximum absolute atomic E-state index is 11.8. The fraction of sp³-hybridized carbons (Fsp3) is 0.500. The van der Waals surface area contributed by atoms with Crippen LogP contribution in [0.25, 0.3) is 0 Å². The summed E-state index contributed by atoms with van der Waals surface area (Å²) in [6, 6.07) is 8.71. The number of carbonyl (C=O) groups is 1. The molecule has 2 aliphatic rings. The normalized spacial score (nSPS) is 13.5. The third-order valence-corrected chi connectivity index (χ3v) is 3.60. The average molecular weight is 808 g/mol. The molecule has 2 N–H and O–H groups in total. The van der Waals surface area contributed by atoms with Crippen molar-refractivity contribution in [1.82, 2.24) is 0 Å². The van der Waals surface area contributed by atoms with Gasteiger partial charge in [-0.25, -0.2) is 8.78 Å². The Morgan fingerprint density at radius 1 is 1.00 bits per heavy atom. The number of aliphatic hydroxyl groups is 1. The molecule has 0 aliphatic heterocycles. The van der Waals surface area contributed by atoms with E-state index in [1.165, 1.54) is 0 Å². The summed E-state index contributed by atoms with van der Waals surface area (Å²) < 4.78 is 23.6. The molecule has 0 unspecified atom stereocenters. The third kappa shape index (κ3) is 33.3. The number of Topliss-reactive ketones (excluding diaryl/α,β-unsaturated/α-hetero) is 1. The van der Waals surface area contributed by atoms with Gasteiger partial charge in [-0.1, -0.05) is 52.0 Å². The summed E-state index contributed by atoms with van der Waals surface area (Å²) in [6.07, 6.45) is 8.56. The third-order valence-electron chi connectivity index (χ3n) is 3.60. The number of para-hydroxylation sites is 1. The second kappa shape index (κ2) is 27.3. The molecule has 2 saturated carbocycles. The molecule has 0 aromatic heterocycles. The van der Waals surface area contributed by atoms with Gasteiger partial charge in [-0.05, 0) is 81.4 Å². The number of phenolic OH excluding ortho intramolecular Hbond substituents is 1. The fourth-order valence-electron chi connectivity index (χ4n) is 1.61. The van der Waals surface area contributed by atoms with Crippen LogP contribution in [-0.2, 0) is 46.9 Å². The molecule has 3 nitrogen and oxygen atoms in total. The number of hydrogen-bond donors (Lipinski definition) is 2. The van der Waals surface area contributed by atoms with Crippen molar-refractivity contribution in [2.24, 2.45) is 11.8 Å². The molecule has 0 saturated heterocycles. The monoisotopic (exact) mass is 808 g/mol. The van der Waals surface area contributed by atoms with E-state index in [1.54, 1.807) is 49.4 Å². The van der Waals surface area contributed by atoms with Crippen molar-refractivity contribution in [2.75, 3.05) is 0 Å². The second-order valence-electron chi connectivity index (χ2n) is 6.32. The van der Waals surface area contributed by atoms with Crippen LogP contribution in [-0.4, -0.2) is 21.9 Å². The number of ketones is 1. The van der Waals surface area contributed by atoms with Crippen molar-refractivity contribution in [2.45, 2.75) is 73.1 Å². The molecule has 1 aromatic carbocycles. The Balaban J connectivity index is -0.0000000986. The van der Waals surface area contributed by atoms with Gasteiger partial charge in [-0.15, -0.1) is 0 Å². The van der Waals surface area contributed by atoms with Gasteiger partial charge in [-0.2, -0.15) is 0 Å². The molecule has 0 radical (unpaired) electrons. The largest absolute Gasteiger partial charge is 0.508 e. The molecule has 33 heavy (non-hydrogen) atoms. The first-order valence-corrected chi connectivity index (χ1v) is 10.9. The molecule has 0 amide bonds. The first-order chi connectivity index (χ1) is 14.6. The molecule has 2 aliphatic carbocycles. The van der Waals surface area contributed by atoms with Crippen molar-refractivity contribution < 1.29 is 65.9 Å². The molecule has 0 heterocycles. The molecule has 7 heteroatoms. The van der Waals surface area contributed by atoms with Crippen molar-refractivity contribution in [3.05, 3.63) is 68.2 Å². The Labute approximate surface area is 229 Å². The van der Waals surface area contributed by atoms with Crippen LogP contribution in [0.2, 0.25) is 0 Å². The van der Waals surface area contributed by atoms with E-state index in [0.717, 1.165) is 12.8 Å². The van der Waals surface area contributed by atoms with E-state index >= 15 is 0 Å². The molecule has 2 fully saturated rings. The van der Waals surface area contributed by atoms with Crippen molar-refractivity contribution >= 4 is 5.78 Å². The predicted molar refractivity (Wildman–Crippen MR) is 128 cm³/mol. The van der Waals surface area contributed by atoms with Gasteiger partial charge in [0.05, 0.1) is 0 Å². The summed E-state index contributed by atoms with van der Waals surface area (Å²) >= 11 is 0. The summed E-state index contributed by atoms with van der Waals surface area (Å²) in [6.45, 7) is 17.6. The first-order valence-electron chi connectivity index (χ1n) is 10.9. The van der Waals surface area contributed by atoms with Gasteiger partial charge in [0.15, 0.2) is 0 Å². The van der Waals surface area contributed by atoms with Crippen LogP contribution >= 0.6 is 0 Å². The minimum atomic E-state index is -2.64. The zero-order chi connectivity index (χ0) is 24.9. The number of phenols is 1. The fourth-order valence-corrected chi connectivity index (χ4v) is 1.61. The zero-order valence-corrected chi connectivity index (χ0v) is 26.8. The summed E-state index contributed by atoms with van der Waals surface area (Å²) in [5.74, 6) is -1.92. The maximum Gasteiger partial charge on any atom is 0.132 e. The molecule has 1 aromatic rings. The van der Waals surface area contributed by atoms with E-state index in [2.05, 4.69) is 13.8 Å². The van der Waals surface area contributed by atoms with Crippen molar-refractivity contribution in [3.63, 3.8) is 0 Å². The Hall–Kier alpha value is -0.923. The zero-order valence-electron chi connectivity index (χ0n) is 20.9. The van der Waals surface area contributed by atoms with Crippen LogP contribution in [0.15, 0.2) is 54.3 Å². The SMILES string of the molecule is C/C=C\C(O)=C/C.CC.CC.Oc1ccccc1.[CH2-]C(=O)C1CC1.[CH2-]C(F)(F)C1CC1.[W].[W]. The molecule has 0 atom stereocenters. The Bertz CT molecular complexity index is 593. The van der Waals surface area contributed by atoms with Crippen LogP contribution in [0.1, 0.15) is 67.2 Å². The molecule has 192 valence electrons. The number of aliphatic hydroxyl groups excluding tert-OH is 1. The minimum Gasteiger partial charge on any atom is -0.508 e. The van der Waals surface area contributed by atoms with Gasteiger partial charge in [0.2, 0.25) is 0 Å². The van der Waals surface area contributed by atoms with E-state index in [1.807, 2.05) is 40.7 Å². The van der Waals surface area contributed by atoms with Gasteiger partial charge in [0.1, 0.15) is 17.4 Å². The van der Waals surface area contributed by atoms with E-state index in [-0.39, 0.29) is 47.9 Å². The van der Waals surface area contributed by atoms with Crippen molar-refractivity contribution in [3.8, 4) is 5.75 Å². The summed E-state index contributed by atoms with van der Waals surface area (Å²) in [7, 11) is 0. The van der Waals surface area contributed by atoms with Gasteiger partial charge in [-0.3, -0.25) is 6.92 Å². The Kier molecular flexibility index (Phi) is 35.0. The van der Waals surface area contributed by atoms with E-state index in [4.69, 9.17) is 10.2 Å². The quantitative estimate of drug-likeness (QED) is 0.184. The van der Waals surface area contributed by atoms with Crippen LogP contribution in [0.3, 0.4) is 0 Å². The number of alkyl halides is 2. The number of halogens is 2. The minimum absolute atomic E-state index is 0. The molecule has 3 rings (SSSR count). The number of benzene rings is 1. The predicted octanol–water partition coefficient (Wildman–Crippen LogP) is 8.13.